The number of nitrogens with two attached hydrogens (primary N) is 1. The average molecular weight is 715 g/mol. The van der Waals surface area contributed by atoms with Crippen LogP contribution < -0.4 is 32.8 Å². The molecule has 5 N–H and O–H groups in total. The second-order valence-electron chi connectivity index (χ2n) is 12.3. The number of rotatable bonds is 8. The summed E-state index contributed by atoms with van der Waals surface area (Å²) in [6.07, 6.45) is 2.72. The van der Waals surface area contributed by atoms with Gasteiger partial charge in [0.15, 0.2) is 11.6 Å². The smallest absolute Gasteiger partial charge is 0.269 e. The molecule has 1 aliphatic heterocycles. The van der Waals surface area contributed by atoms with Gasteiger partial charge in [-0.15, -0.1) is 0 Å². The van der Waals surface area contributed by atoms with E-state index in [1.54, 1.807) is 42.5 Å². The number of benzene rings is 4. The molecule has 0 saturated heterocycles. The number of fused-ring (bicyclic) bond motifs is 3. The third kappa shape index (κ3) is 6.67. The highest BCUT2D eigenvalue weighted by atomic mass is 19.1. The number of nitrogens with one attached hydrogen (secondary N) is 3. The van der Waals surface area contributed by atoms with E-state index in [1.165, 1.54) is 33.7 Å². The number of halogens is 2. The molecule has 0 radical (unpaired) electrons. The van der Waals surface area contributed by atoms with E-state index in [9.17, 15) is 18.4 Å². The number of hydrogen-bond donors (Lipinski definition) is 4. The summed E-state index contributed by atoms with van der Waals surface area (Å²) in [5.74, 6) is 1.08. The van der Waals surface area contributed by atoms with E-state index in [-0.39, 0.29) is 16.8 Å². The molecular formula is C39H36F2N10O2. The molecule has 2 atom stereocenters. The fraction of sp³-hybridized carbons (Fsp3) is 0.179. The second kappa shape index (κ2) is 15.0. The van der Waals surface area contributed by atoms with Crippen LogP contribution in [0.15, 0.2) is 113 Å². The molecule has 1 aliphatic rings. The highest BCUT2D eigenvalue weighted by Gasteiger charge is 2.25. The first-order chi connectivity index (χ1) is 25.8. The topological polar surface area (TPSA) is 158 Å². The fourth-order valence-electron chi connectivity index (χ4n) is 6.26. The lowest BCUT2D eigenvalue weighted by atomic mass is 10.1. The largest absolute Gasteiger partial charge is 0.362 e. The summed E-state index contributed by atoms with van der Waals surface area (Å²) in [7, 11) is 0. The van der Waals surface area contributed by atoms with Crippen LogP contribution in [0.25, 0.3) is 33.2 Å². The summed E-state index contributed by atoms with van der Waals surface area (Å²) >= 11 is 0. The molecule has 14 heteroatoms. The number of anilines is 3. The van der Waals surface area contributed by atoms with Crippen molar-refractivity contribution >= 4 is 39.1 Å². The Kier molecular flexibility index (Phi) is 9.86. The minimum absolute atomic E-state index is 0.0154. The fourth-order valence-corrected chi connectivity index (χ4v) is 6.26. The maximum absolute atomic E-state index is 14.6. The number of aromatic nitrogens is 6. The molecular weight excluding hydrogens is 678 g/mol. The zero-order valence-electron chi connectivity index (χ0n) is 28.9. The zero-order chi connectivity index (χ0) is 37.1. The van der Waals surface area contributed by atoms with Crippen molar-refractivity contribution in [2.24, 2.45) is 5.73 Å². The maximum atomic E-state index is 14.6. The van der Waals surface area contributed by atoms with Gasteiger partial charge in [0, 0.05) is 0 Å². The van der Waals surface area contributed by atoms with Crippen LogP contribution in [0.3, 0.4) is 0 Å². The Morgan fingerprint density at radius 2 is 1.26 bits per heavy atom. The van der Waals surface area contributed by atoms with Crippen LogP contribution in [0.2, 0.25) is 0 Å². The van der Waals surface area contributed by atoms with E-state index in [0.717, 1.165) is 5.69 Å². The Bertz CT molecular complexity index is 2550. The Labute approximate surface area is 302 Å². The lowest BCUT2D eigenvalue weighted by Crippen LogP contribution is -2.28. The van der Waals surface area contributed by atoms with Crippen molar-refractivity contribution in [2.75, 3.05) is 22.6 Å². The summed E-state index contributed by atoms with van der Waals surface area (Å²) in [6.45, 7) is 4.46. The van der Waals surface area contributed by atoms with Gasteiger partial charge in [0.1, 0.15) is 46.1 Å². The Balaban J connectivity index is 0.000000174. The Morgan fingerprint density at radius 3 is 1.81 bits per heavy atom. The van der Waals surface area contributed by atoms with Gasteiger partial charge in [0.2, 0.25) is 0 Å². The number of para-hydroxylation sites is 2. The first-order valence-electron chi connectivity index (χ1n) is 17.2. The highest BCUT2D eigenvalue weighted by molar-refractivity contribution is 5.81. The molecule has 0 aliphatic carbocycles. The van der Waals surface area contributed by atoms with E-state index in [4.69, 9.17) is 10.7 Å². The van der Waals surface area contributed by atoms with Gasteiger partial charge in [-0.3, -0.25) is 18.7 Å². The molecule has 4 aromatic carbocycles. The first-order valence-corrected chi connectivity index (χ1v) is 17.2. The van der Waals surface area contributed by atoms with Crippen molar-refractivity contribution in [1.82, 2.24) is 29.1 Å². The lowest BCUT2D eigenvalue weighted by Gasteiger charge is -2.23. The molecule has 0 spiro atoms. The van der Waals surface area contributed by atoms with Crippen LogP contribution in [0.5, 0.6) is 0 Å². The van der Waals surface area contributed by atoms with Crippen LogP contribution in [-0.2, 0) is 0 Å². The van der Waals surface area contributed by atoms with E-state index in [1.807, 2.05) is 50.2 Å². The molecule has 0 unspecified atom stereocenters. The minimum Gasteiger partial charge on any atom is -0.362 e. The standard InChI is InChI=1S/C22H20FN7O.C17H16FN3O/c1-2-15(28-20-18-19(25-11-24-18)26-12-27-20)21-29-16-10-6-9-14(23)17(16)22(31)30(21)13-7-4-3-5-8-13;1-2-13(19)16-20-14-10-6-9-12(18)15(14)17(22)21(16)11-7-4-3-5-8-11/h3-10,12,15,24H,2,11H2,1H3,(H2,25,26,27,28);3-10,13H,2,19H2,1H3/t15-;13-/m00/s1. The molecule has 3 aromatic heterocycles. The van der Waals surface area contributed by atoms with Crippen molar-refractivity contribution in [3.05, 3.63) is 147 Å². The zero-order valence-corrected chi connectivity index (χ0v) is 28.9. The van der Waals surface area contributed by atoms with Gasteiger partial charge in [0.25, 0.3) is 11.1 Å². The summed E-state index contributed by atoms with van der Waals surface area (Å²) in [5, 5.41) is 9.69. The third-order valence-electron chi connectivity index (χ3n) is 8.94. The van der Waals surface area contributed by atoms with E-state index in [0.29, 0.717) is 65.2 Å². The van der Waals surface area contributed by atoms with Gasteiger partial charge in [-0.2, -0.15) is 0 Å². The normalized spacial score (nSPS) is 13.0. The predicted octanol–water partition coefficient (Wildman–Crippen LogP) is 6.61. The highest BCUT2D eigenvalue weighted by Crippen LogP contribution is 2.33. The van der Waals surface area contributed by atoms with Crippen molar-refractivity contribution in [3.8, 4) is 11.4 Å². The molecule has 0 fully saturated rings. The predicted molar refractivity (Wildman–Crippen MR) is 203 cm³/mol. The SMILES string of the molecule is CC[C@H](N)c1nc2cccc(F)c2c(=O)n1-c1ccccc1.CC[C@H](Nc1ncnc2c1NCN2)c1nc2cccc(F)c2c(=O)n1-c1ccccc1. The van der Waals surface area contributed by atoms with Gasteiger partial charge in [-0.25, -0.2) is 28.7 Å². The monoisotopic (exact) mass is 714 g/mol. The molecule has 0 saturated carbocycles. The second-order valence-corrected chi connectivity index (χ2v) is 12.3. The summed E-state index contributed by atoms with van der Waals surface area (Å²) in [6, 6.07) is 26.3. The Hall–Kier alpha value is -6.54. The van der Waals surface area contributed by atoms with Gasteiger partial charge < -0.3 is 21.7 Å². The van der Waals surface area contributed by atoms with Crippen molar-refractivity contribution < 1.29 is 8.78 Å². The molecule has 0 bridgehead atoms. The van der Waals surface area contributed by atoms with Gasteiger partial charge in [0.05, 0.1) is 41.2 Å². The summed E-state index contributed by atoms with van der Waals surface area (Å²) in [5.41, 5.74) is 7.89. The number of nitrogens with zero attached hydrogens (tertiary/aromatic N) is 6. The van der Waals surface area contributed by atoms with Crippen LogP contribution in [0, 0.1) is 11.6 Å². The minimum atomic E-state index is -0.587. The van der Waals surface area contributed by atoms with Crippen molar-refractivity contribution in [2.45, 2.75) is 38.8 Å². The summed E-state index contributed by atoms with van der Waals surface area (Å²) < 4.78 is 31.5. The molecule has 12 nitrogen and oxygen atoms in total. The van der Waals surface area contributed by atoms with Gasteiger partial charge >= 0.3 is 0 Å². The van der Waals surface area contributed by atoms with E-state index < -0.39 is 28.8 Å². The van der Waals surface area contributed by atoms with Crippen LogP contribution >= 0.6 is 0 Å². The molecule has 7 aromatic rings. The lowest BCUT2D eigenvalue weighted by molar-refractivity contribution is 0.614. The van der Waals surface area contributed by atoms with Crippen molar-refractivity contribution in [1.29, 1.82) is 0 Å². The molecule has 8 rings (SSSR count). The molecule has 0 amide bonds. The average Bonchev–Trinajstić information content (AvgIpc) is 3.67. The van der Waals surface area contributed by atoms with Crippen molar-refractivity contribution in [3.63, 3.8) is 0 Å². The quantitative estimate of drug-likeness (QED) is 0.135. The maximum Gasteiger partial charge on any atom is 0.269 e. The molecule has 268 valence electrons. The summed E-state index contributed by atoms with van der Waals surface area (Å²) in [4.78, 5) is 44.0. The van der Waals surface area contributed by atoms with Crippen LogP contribution in [-0.4, -0.2) is 35.7 Å². The van der Waals surface area contributed by atoms with Gasteiger partial charge in [-0.1, -0.05) is 62.4 Å². The Morgan fingerprint density at radius 1 is 0.717 bits per heavy atom. The first kappa shape index (κ1) is 34.9. The van der Waals surface area contributed by atoms with E-state index in [2.05, 4.69) is 30.9 Å². The van der Waals surface area contributed by atoms with Crippen LogP contribution in [0.4, 0.5) is 26.1 Å². The number of hydrogen-bond acceptors (Lipinski definition) is 10. The van der Waals surface area contributed by atoms with E-state index >= 15 is 0 Å². The third-order valence-corrected chi connectivity index (χ3v) is 8.94. The molecule has 4 heterocycles. The van der Waals surface area contributed by atoms with Gasteiger partial charge in [-0.05, 0) is 61.4 Å². The molecule has 53 heavy (non-hydrogen) atoms. The van der Waals surface area contributed by atoms with Crippen LogP contribution in [0.1, 0.15) is 50.4 Å².